The standard InChI is InChI=1S/C19H17BrN2O3S2/c1-13-9-10-26-18(13)12-21-19(23)14-3-2-4-17(11-14)27(24,25)22-16-7-5-15(20)6-8-16/h2-11,22H,12H2,1H3,(H,21,23). The van der Waals surface area contributed by atoms with Gasteiger partial charge in [-0.1, -0.05) is 22.0 Å². The van der Waals surface area contributed by atoms with Gasteiger partial charge >= 0.3 is 0 Å². The van der Waals surface area contributed by atoms with Crippen LogP contribution in [0, 0.1) is 6.92 Å². The molecular weight excluding hydrogens is 448 g/mol. The molecule has 2 N–H and O–H groups in total. The molecule has 27 heavy (non-hydrogen) atoms. The summed E-state index contributed by atoms with van der Waals surface area (Å²) in [5, 5.41) is 4.80. The van der Waals surface area contributed by atoms with Crippen LogP contribution in [-0.4, -0.2) is 14.3 Å². The minimum atomic E-state index is -3.79. The predicted molar refractivity (Wildman–Crippen MR) is 112 cm³/mol. The molecule has 140 valence electrons. The van der Waals surface area contributed by atoms with E-state index in [2.05, 4.69) is 26.0 Å². The van der Waals surface area contributed by atoms with Crippen molar-refractivity contribution in [2.45, 2.75) is 18.4 Å². The molecule has 0 spiro atoms. The third kappa shape index (κ3) is 4.97. The van der Waals surface area contributed by atoms with Crippen LogP contribution >= 0.6 is 27.3 Å². The Morgan fingerprint density at radius 1 is 1.11 bits per heavy atom. The molecule has 0 aliphatic heterocycles. The van der Waals surface area contributed by atoms with Crippen molar-refractivity contribution in [3.8, 4) is 0 Å². The summed E-state index contributed by atoms with van der Waals surface area (Å²) >= 11 is 4.88. The highest BCUT2D eigenvalue weighted by Crippen LogP contribution is 2.20. The SMILES string of the molecule is Cc1ccsc1CNC(=O)c1cccc(S(=O)(=O)Nc2ccc(Br)cc2)c1. The number of hydrogen-bond donors (Lipinski definition) is 2. The number of thiophene rings is 1. The maximum Gasteiger partial charge on any atom is 0.261 e. The Morgan fingerprint density at radius 3 is 2.52 bits per heavy atom. The minimum Gasteiger partial charge on any atom is -0.347 e. The molecule has 0 saturated heterocycles. The number of anilines is 1. The van der Waals surface area contributed by atoms with Gasteiger partial charge in [0.1, 0.15) is 0 Å². The predicted octanol–water partition coefficient (Wildman–Crippen LogP) is 4.55. The number of aryl methyl sites for hydroxylation is 1. The first-order valence-corrected chi connectivity index (χ1v) is 11.2. The third-order valence-corrected chi connectivity index (χ3v) is 6.81. The van der Waals surface area contributed by atoms with E-state index in [1.807, 2.05) is 18.4 Å². The van der Waals surface area contributed by atoms with E-state index in [4.69, 9.17) is 0 Å². The molecule has 1 heterocycles. The lowest BCUT2D eigenvalue weighted by molar-refractivity contribution is 0.0951. The number of halogens is 1. The summed E-state index contributed by atoms with van der Waals surface area (Å²) in [6.45, 7) is 2.40. The van der Waals surface area contributed by atoms with Crippen LogP contribution in [0.2, 0.25) is 0 Å². The first kappa shape index (κ1) is 19.6. The van der Waals surface area contributed by atoms with Crippen molar-refractivity contribution in [3.63, 3.8) is 0 Å². The monoisotopic (exact) mass is 464 g/mol. The molecule has 0 bridgehead atoms. The molecule has 8 heteroatoms. The lowest BCUT2D eigenvalue weighted by atomic mass is 10.2. The van der Waals surface area contributed by atoms with Gasteiger partial charge in [-0.25, -0.2) is 8.42 Å². The van der Waals surface area contributed by atoms with E-state index in [0.717, 1.165) is 14.9 Å². The number of benzene rings is 2. The molecular formula is C19H17BrN2O3S2. The van der Waals surface area contributed by atoms with Crippen LogP contribution in [0.25, 0.3) is 0 Å². The Labute approximate surface area is 170 Å². The van der Waals surface area contributed by atoms with Crippen LogP contribution in [0.3, 0.4) is 0 Å². The Kier molecular flexibility index (Phi) is 5.98. The largest absolute Gasteiger partial charge is 0.347 e. The zero-order chi connectivity index (χ0) is 19.4. The summed E-state index contributed by atoms with van der Waals surface area (Å²) < 4.78 is 28.6. The molecule has 1 amide bonds. The summed E-state index contributed by atoms with van der Waals surface area (Å²) in [6, 6.07) is 14.8. The fraction of sp³-hybridized carbons (Fsp3) is 0.105. The molecule has 0 aliphatic rings. The van der Waals surface area contributed by atoms with Crippen LogP contribution in [0.4, 0.5) is 5.69 Å². The highest BCUT2D eigenvalue weighted by Gasteiger charge is 2.16. The molecule has 0 fully saturated rings. The summed E-state index contributed by atoms with van der Waals surface area (Å²) in [4.78, 5) is 13.5. The van der Waals surface area contributed by atoms with Crippen molar-refractivity contribution < 1.29 is 13.2 Å². The number of amides is 1. The van der Waals surface area contributed by atoms with Crippen molar-refractivity contribution in [2.75, 3.05) is 4.72 Å². The molecule has 3 rings (SSSR count). The summed E-state index contributed by atoms with van der Waals surface area (Å²) in [5.41, 5.74) is 1.86. The molecule has 0 atom stereocenters. The van der Waals surface area contributed by atoms with Crippen LogP contribution in [-0.2, 0) is 16.6 Å². The Morgan fingerprint density at radius 2 is 1.85 bits per heavy atom. The molecule has 0 unspecified atom stereocenters. The van der Waals surface area contributed by atoms with Crippen molar-refractivity contribution in [1.29, 1.82) is 0 Å². The van der Waals surface area contributed by atoms with E-state index in [9.17, 15) is 13.2 Å². The first-order valence-electron chi connectivity index (χ1n) is 8.05. The number of sulfonamides is 1. The van der Waals surface area contributed by atoms with E-state index in [-0.39, 0.29) is 10.8 Å². The smallest absolute Gasteiger partial charge is 0.261 e. The maximum atomic E-state index is 12.6. The zero-order valence-corrected chi connectivity index (χ0v) is 17.6. The van der Waals surface area contributed by atoms with E-state index >= 15 is 0 Å². The average molecular weight is 465 g/mol. The third-order valence-electron chi connectivity index (χ3n) is 3.88. The van der Waals surface area contributed by atoms with Gasteiger partial charge in [0, 0.05) is 20.6 Å². The van der Waals surface area contributed by atoms with E-state index in [1.165, 1.54) is 12.1 Å². The minimum absolute atomic E-state index is 0.0328. The lowest BCUT2D eigenvalue weighted by Gasteiger charge is -2.10. The van der Waals surface area contributed by atoms with Gasteiger partial charge in [0.2, 0.25) is 0 Å². The molecule has 5 nitrogen and oxygen atoms in total. The average Bonchev–Trinajstić information content (AvgIpc) is 3.06. The molecule has 1 aromatic heterocycles. The highest BCUT2D eigenvalue weighted by molar-refractivity contribution is 9.10. The van der Waals surface area contributed by atoms with Gasteiger partial charge in [0.05, 0.1) is 11.4 Å². The second-order valence-electron chi connectivity index (χ2n) is 5.85. The second kappa shape index (κ2) is 8.24. The van der Waals surface area contributed by atoms with E-state index in [1.54, 1.807) is 47.7 Å². The Bertz CT molecular complexity index is 1060. The maximum absolute atomic E-state index is 12.6. The van der Waals surface area contributed by atoms with Gasteiger partial charge < -0.3 is 5.32 Å². The number of rotatable bonds is 6. The van der Waals surface area contributed by atoms with E-state index in [0.29, 0.717) is 17.8 Å². The number of hydrogen-bond acceptors (Lipinski definition) is 4. The van der Waals surface area contributed by atoms with Gasteiger partial charge in [-0.3, -0.25) is 9.52 Å². The molecule has 0 aliphatic carbocycles. The molecule has 3 aromatic rings. The van der Waals surface area contributed by atoms with Crippen molar-refractivity contribution in [2.24, 2.45) is 0 Å². The first-order chi connectivity index (χ1) is 12.8. The van der Waals surface area contributed by atoms with Crippen molar-refractivity contribution >= 4 is 48.9 Å². The van der Waals surface area contributed by atoms with Crippen LogP contribution < -0.4 is 10.0 Å². The lowest BCUT2D eigenvalue weighted by Crippen LogP contribution is -2.23. The fourth-order valence-corrected chi connectivity index (χ4v) is 4.60. The summed E-state index contributed by atoms with van der Waals surface area (Å²) in [6.07, 6.45) is 0. The van der Waals surface area contributed by atoms with E-state index < -0.39 is 10.0 Å². The van der Waals surface area contributed by atoms with Crippen LogP contribution in [0.5, 0.6) is 0 Å². The van der Waals surface area contributed by atoms with Gasteiger partial charge in [-0.2, -0.15) is 0 Å². The molecule has 0 saturated carbocycles. The van der Waals surface area contributed by atoms with Crippen molar-refractivity contribution in [3.05, 3.63) is 80.5 Å². The van der Waals surface area contributed by atoms with Gasteiger partial charge in [0.15, 0.2) is 0 Å². The summed E-state index contributed by atoms with van der Waals surface area (Å²) in [5.74, 6) is -0.316. The van der Waals surface area contributed by atoms with Crippen molar-refractivity contribution in [1.82, 2.24) is 5.32 Å². The van der Waals surface area contributed by atoms with Gasteiger partial charge in [-0.05, 0) is 66.4 Å². The topological polar surface area (TPSA) is 75.3 Å². The quantitative estimate of drug-likeness (QED) is 0.561. The second-order valence-corrected chi connectivity index (χ2v) is 9.45. The summed E-state index contributed by atoms with van der Waals surface area (Å²) in [7, 11) is -3.79. The highest BCUT2D eigenvalue weighted by atomic mass is 79.9. The Balaban J connectivity index is 1.74. The number of carbonyl (C=O) groups excluding carboxylic acids is 1. The number of nitrogens with one attached hydrogen (secondary N) is 2. The van der Waals surface area contributed by atoms with Gasteiger partial charge in [0.25, 0.3) is 15.9 Å². The number of carbonyl (C=O) groups is 1. The Hall–Kier alpha value is -2.16. The van der Waals surface area contributed by atoms with Gasteiger partial charge in [-0.15, -0.1) is 11.3 Å². The van der Waals surface area contributed by atoms with Crippen LogP contribution in [0.1, 0.15) is 20.8 Å². The fourth-order valence-electron chi connectivity index (χ4n) is 2.38. The molecule has 0 radical (unpaired) electrons. The van der Waals surface area contributed by atoms with Crippen LogP contribution in [0.15, 0.2) is 69.3 Å². The zero-order valence-electron chi connectivity index (χ0n) is 14.4. The normalized spacial score (nSPS) is 11.2. The molecule has 2 aromatic carbocycles.